The van der Waals surface area contributed by atoms with E-state index in [2.05, 4.69) is 64.2 Å². The molecule has 0 spiro atoms. The number of benzene rings is 2. The fourth-order valence-corrected chi connectivity index (χ4v) is 4.20. The van der Waals surface area contributed by atoms with Crippen LogP contribution < -0.4 is 32.3 Å². The van der Waals surface area contributed by atoms with Crippen LogP contribution in [0.4, 0.5) is 11.4 Å². The van der Waals surface area contributed by atoms with Crippen LogP contribution in [0.25, 0.3) is 0 Å². The molecule has 2 aromatic carbocycles. The maximum absolute atomic E-state index is 11.9. The molecule has 2 amide bonds. The molecule has 34 heavy (non-hydrogen) atoms. The first kappa shape index (κ1) is 28.5. The molecule has 0 aliphatic heterocycles. The monoisotopic (exact) mass is 668 g/mol. The summed E-state index contributed by atoms with van der Waals surface area (Å²) in [5, 5.41) is 7.11. The summed E-state index contributed by atoms with van der Waals surface area (Å²) >= 11 is 29.1. The number of hydrogen-bond donors (Lipinski definition) is 6. The molecular formula is C20H20Br2Cl2N6O2S2. The van der Waals surface area contributed by atoms with Crippen molar-refractivity contribution >= 4 is 113 Å². The fourth-order valence-electron chi connectivity index (χ4n) is 2.44. The highest BCUT2D eigenvalue weighted by atomic mass is 79.9. The number of nitrogens with one attached hydrogen (secondary N) is 6. The van der Waals surface area contributed by atoms with Crippen molar-refractivity contribution in [3.63, 3.8) is 0 Å². The summed E-state index contributed by atoms with van der Waals surface area (Å²) in [6.45, 7) is 0. The third-order valence-electron chi connectivity index (χ3n) is 4.05. The average molecular weight is 671 g/mol. The normalized spacial score (nSPS) is 10.1. The molecule has 0 radical (unpaired) electrons. The zero-order valence-electron chi connectivity index (χ0n) is 17.4. The molecule has 0 saturated carbocycles. The van der Waals surface area contributed by atoms with Gasteiger partial charge >= 0.3 is 0 Å². The topological polar surface area (TPSA) is 106 Å². The Kier molecular flexibility index (Phi) is 12.3. The lowest BCUT2D eigenvalue weighted by molar-refractivity contribution is -0.123. The van der Waals surface area contributed by atoms with Crippen molar-refractivity contribution in [3.05, 3.63) is 55.4 Å². The van der Waals surface area contributed by atoms with Crippen molar-refractivity contribution in [2.24, 2.45) is 0 Å². The molecule has 0 aliphatic carbocycles. The smallest absolute Gasteiger partial charge is 0.238 e. The minimum atomic E-state index is -0.263. The van der Waals surface area contributed by atoms with Crippen LogP contribution >= 0.6 is 79.5 Å². The highest BCUT2D eigenvalue weighted by molar-refractivity contribution is 9.10. The number of carbonyl (C=O) groups is 2. The summed E-state index contributed by atoms with van der Waals surface area (Å²) < 4.78 is 1.68. The molecule has 8 nitrogen and oxygen atoms in total. The van der Waals surface area contributed by atoms with Gasteiger partial charge in [0.15, 0.2) is 10.2 Å². The molecular weight excluding hydrogens is 651 g/mol. The second kappa shape index (κ2) is 14.6. The SMILES string of the molecule is O=C(CCCCC(=O)NNC(=S)Nc1ccc(Br)cc1Cl)NNC(=S)Nc1ccc(Br)cc1Cl. The molecule has 0 aromatic heterocycles. The van der Waals surface area contributed by atoms with E-state index < -0.39 is 0 Å². The maximum atomic E-state index is 11.9. The van der Waals surface area contributed by atoms with E-state index in [1.807, 2.05) is 12.1 Å². The zero-order chi connectivity index (χ0) is 25.1. The molecule has 0 fully saturated rings. The van der Waals surface area contributed by atoms with Gasteiger partial charge in [0.05, 0.1) is 21.4 Å². The highest BCUT2D eigenvalue weighted by Gasteiger charge is 2.08. The van der Waals surface area contributed by atoms with Crippen LogP contribution in [0.3, 0.4) is 0 Å². The molecule has 2 aromatic rings. The summed E-state index contributed by atoms with van der Waals surface area (Å²) in [6, 6.07) is 10.6. The van der Waals surface area contributed by atoms with Gasteiger partial charge in [0.25, 0.3) is 0 Å². The second-order valence-electron chi connectivity index (χ2n) is 6.71. The van der Waals surface area contributed by atoms with Gasteiger partial charge in [0, 0.05) is 21.8 Å². The molecule has 0 saturated heterocycles. The van der Waals surface area contributed by atoms with Gasteiger partial charge in [0.1, 0.15) is 0 Å². The number of hydrazine groups is 2. The van der Waals surface area contributed by atoms with Crippen LogP contribution in [0.15, 0.2) is 45.3 Å². The molecule has 0 unspecified atom stereocenters. The van der Waals surface area contributed by atoms with Gasteiger partial charge in [-0.05, 0) is 73.7 Å². The highest BCUT2D eigenvalue weighted by Crippen LogP contribution is 2.26. The van der Waals surface area contributed by atoms with Crippen molar-refractivity contribution in [1.82, 2.24) is 21.7 Å². The largest absolute Gasteiger partial charge is 0.330 e. The predicted molar refractivity (Wildman–Crippen MR) is 152 cm³/mol. The van der Waals surface area contributed by atoms with Crippen molar-refractivity contribution in [2.45, 2.75) is 25.7 Å². The third-order valence-corrected chi connectivity index (χ3v) is 6.07. The van der Waals surface area contributed by atoms with E-state index in [1.54, 1.807) is 24.3 Å². The molecule has 0 atom stereocenters. The Morgan fingerprint density at radius 1 is 0.706 bits per heavy atom. The van der Waals surface area contributed by atoms with Crippen LogP contribution in [-0.2, 0) is 9.59 Å². The molecule has 6 N–H and O–H groups in total. The zero-order valence-corrected chi connectivity index (χ0v) is 23.8. The van der Waals surface area contributed by atoms with Crippen molar-refractivity contribution in [2.75, 3.05) is 10.6 Å². The minimum absolute atomic E-state index is 0.192. The number of hydrogen-bond acceptors (Lipinski definition) is 4. The molecule has 182 valence electrons. The maximum Gasteiger partial charge on any atom is 0.238 e. The van der Waals surface area contributed by atoms with E-state index in [4.69, 9.17) is 47.6 Å². The number of carbonyl (C=O) groups excluding carboxylic acids is 2. The lowest BCUT2D eigenvalue weighted by atomic mass is 10.2. The Hall–Kier alpha value is -1.70. The lowest BCUT2D eigenvalue weighted by Gasteiger charge is -2.13. The summed E-state index contributed by atoms with van der Waals surface area (Å²) in [6.07, 6.45) is 1.46. The number of thiocarbonyl (C=S) groups is 2. The predicted octanol–water partition coefficient (Wildman–Crippen LogP) is 5.41. The van der Waals surface area contributed by atoms with Crippen LogP contribution in [-0.4, -0.2) is 22.0 Å². The van der Waals surface area contributed by atoms with E-state index >= 15 is 0 Å². The molecule has 0 aliphatic rings. The van der Waals surface area contributed by atoms with Gasteiger partial charge in [-0.25, -0.2) is 0 Å². The standard InChI is InChI=1S/C20H20Br2Cl2N6O2S2/c21-11-5-7-15(13(23)9-11)25-19(33)29-27-17(31)3-1-2-4-18(32)28-30-20(34)26-16-8-6-12(22)10-14(16)24/h5-10H,1-4H2,(H,27,31)(H,28,32)(H2,25,29,33)(H2,26,30,34). The Morgan fingerprint density at radius 3 is 1.44 bits per heavy atom. The molecule has 14 heteroatoms. The Bertz CT molecular complexity index is 994. The van der Waals surface area contributed by atoms with Gasteiger partial charge < -0.3 is 10.6 Å². The lowest BCUT2D eigenvalue weighted by Crippen LogP contribution is -2.44. The quantitative estimate of drug-likeness (QED) is 0.132. The van der Waals surface area contributed by atoms with Gasteiger partial charge in [-0.1, -0.05) is 55.1 Å². The van der Waals surface area contributed by atoms with E-state index in [0.29, 0.717) is 34.3 Å². The Morgan fingerprint density at radius 2 is 1.09 bits per heavy atom. The first-order valence-corrected chi connectivity index (χ1v) is 12.9. The minimum Gasteiger partial charge on any atom is -0.330 e. The molecule has 0 heterocycles. The molecule has 0 bridgehead atoms. The number of amides is 2. The van der Waals surface area contributed by atoms with Crippen molar-refractivity contribution < 1.29 is 9.59 Å². The van der Waals surface area contributed by atoms with Crippen LogP contribution in [0, 0.1) is 0 Å². The summed E-state index contributed by atoms with van der Waals surface area (Å²) in [5.41, 5.74) is 11.4. The number of halogens is 4. The van der Waals surface area contributed by atoms with Gasteiger partial charge in [0.2, 0.25) is 11.8 Å². The Labute approximate surface area is 234 Å². The van der Waals surface area contributed by atoms with Gasteiger partial charge in [-0.15, -0.1) is 0 Å². The van der Waals surface area contributed by atoms with Crippen molar-refractivity contribution in [1.29, 1.82) is 0 Å². The van der Waals surface area contributed by atoms with Crippen LogP contribution in [0.5, 0.6) is 0 Å². The van der Waals surface area contributed by atoms with Gasteiger partial charge in [-0.2, -0.15) is 0 Å². The van der Waals surface area contributed by atoms with E-state index in [9.17, 15) is 9.59 Å². The first-order valence-electron chi connectivity index (χ1n) is 9.76. The summed E-state index contributed by atoms with van der Waals surface area (Å²) in [4.78, 5) is 23.9. The number of unbranched alkanes of at least 4 members (excludes halogenated alkanes) is 1. The van der Waals surface area contributed by atoms with E-state index in [0.717, 1.165) is 8.95 Å². The van der Waals surface area contributed by atoms with Crippen molar-refractivity contribution in [3.8, 4) is 0 Å². The van der Waals surface area contributed by atoms with Crippen LogP contribution in [0.1, 0.15) is 25.7 Å². The fraction of sp³-hybridized carbons (Fsp3) is 0.200. The average Bonchev–Trinajstić information content (AvgIpc) is 2.77. The summed E-state index contributed by atoms with van der Waals surface area (Å²) in [7, 11) is 0. The van der Waals surface area contributed by atoms with E-state index in [1.165, 1.54) is 0 Å². The third kappa shape index (κ3) is 10.7. The van der Waals surface area contributed by atoms with Gasteiger partial charge in [-0.3, -0.25) is 31.3 Å². The Balaban J connectivity index is 1.57. The molecule has 2 rings (SSSR count). The first-order chi connectivity index (χ1) is 16.1. The second-order valence-corrected chi connectivity index (χ2v) is 10.2. The number of rotatable bonds is 7. The van der Waals surface area contributed by atoms with Crippen LogP contribution in [0.2, 0.25) is 10.0 Å². The number of anilines is 2. The summed E-state index contributed by atoms with van der Waals surface area (Å²) in [5.74, 6) is -0.525. The van der Waals surface area contributed by atoms with E-state index in [-0.39, 0.29) is 34.9 Å².